The number of aromatic nitrogens is 7. The lowest BCUT2D eigenvalue weighted by atomic mass is 10.4. The minimum Gasteiger partial charge on any atom is -0.310 e. The minimum absolute atomic E-state index is 0.166. The average molecular weight is 427 g/mol. The fourth-order valence-corrected chi connectivity index (χ4v) is 3.95. The van der Waals surface area contributed by atoms with Gasteiger partial charge >= 0.3 is 0 Å². The maximum atomic E-state index is 12.5. The van der Waals surface area contributed by atoms with Crippen molar-refractivity contribution in [2.45, 2.75) is 25.9 Å². The van der Waals surface area contributed by atoms with Crippen LogP contribution in [0.25, 0.3) is 16.6 Å². The van der Waals surface area contributed by atoms with Crippen LogP contribution in [0.5, 0.6) is 0 Å². The van der Waals surface area contributed by atoms with Crippen molar-refractivity contribution < 1.29 is 4.79 Å². The number of amides is 1. The standard InChI is InChI=1S/C18H18N8OS2/c1-10-7-11(2)20-17(19-10)26-14(8-12(3)25-26)21-15(27)9-29-18-22-16(23-24-18)13-5-4-6-28-13/h4-8H,9H2,1-3H3,(H,21,27)(H,22,23,24). The Balaban J connectivity index is 1.44. The molecule has 4 aromatic heterocycles. The number of hydrogen-bond donors (Lipinski definition) is 2. The third kappa shape index (κ3) is 4.51. The van der Waals surface area contributed by atoms with E-state index in [9.17, 15) is 4.79 Å². The molecule has 0 radical (unpaired) electrons. The Morgan fingerprint density at radius 1 is 1.17 bits per heavy atom. The summed E-state index contributed by atoms with van der Waals surface area (Å²) in [5.74, 6) is 1.62. The van der Waals surface area contributed by atoms with E-state index in [1.807, 2.05) is 44.4 Å². The maximum absolute atomic E-state index is 12.5. The van der Waals surface area contributed by atoms with Crippen molar-refractivity contribution in [1.29, 1.82) is 0 Å². The molecule has 0 aromatic carbocycles. The Morgan fingerprint density at radius 2 is 1.97 bits per heavy atom. The summed E-state index contributed by atoms with van der Waals surface area (Å²) in [6.07, 6.45) is 0. The van der Waals surface area contributed by atoms with Gasteiger partial charge in [-0.2, -0.15) is 9.78 Å². The molecular weight excluding hydrogens is 408 g/mol. The molecule has 0 atom stereocenters. The predicted molar refractivity (Wildman–Crippen MR) is 112 cm³/mol. The Bertz CT molecular complexity index is 1130. The number of anilines is 1. The summed E-state index contributed by atoms with van der Waals surface area (Å²) in [4.78, 5) is 26.7. The first kappa shape index (κ1) is 19.3. The zero-order valence-electron chi connectivity index (χ0n) is 16.0. The van der Waals surface area contributed by atoms with E-state index in [4.69, 9.17) is 0 Å². The summed E-state index contributed by atoms with van der Waals surface area (Å²) in [7, 11) is 0. The monoisotopic (exact) mass is 426 g/mol. The van der Waals surface area contributed by atoms with Gasteiger partial charge in [0.2, 0.25) is 11.1 Å². The number of carbonyl (C=O) groups is 1. The molecule has 0 bridgehead atoms. The highest BCUT2D eigenvalue weighted by Gasteiger charge is 2.15. The quantitative estimate of drug-likeness (QED) is 0.455. The highest BCUT2D eigenvalue weighted by Crippen LogP contribution is 2.23. The lowest BCUT2D eigenvalue weighted by Gasteiger charge is -2.08. The molecule has 0 saturated carbocycles. The van der Waals surface area contributed by atoms with Gasteiger partial charge < -0.3 is 5.32 Å². The Hall–Kier alpha value is -3.05. The largest absolute Gasteiger partial charge is 0.310 e. The van der Waals surface area contributed by atoms with Gasteiger partial charge in [-0.3, -0.25) is 9.89 Å². The second kappa shape index (κ2) is 8.13. The molecule has 2 N–H and O–H groups in total. The van der Waals surface area contributed by atoms with Crippen molar-refractivity contribution in [3.8, 4) is 16.6 Å². The van der Waals surface area contributed by atoms with E-state index >= 15 is 0 Å². The lowest BCUT2D eigenvalue weighted by molar-refractivity contribution is -0.113. The van der Waals surface area contributed by atoms with Gasteiger partial charge in [-0.1, -0.05) is 17.8 Å². The van der Waals surface area contributed by atoms with Crippen LogP contribution in [0.4, 0.5) is 5.82 Å². The van der Waals surface area contributed by atoms with Gasteiger partial charge in [-0.15, -0.1) is 16.4 Å². The molecule has 9 nitrogen and oxygen atoms in total. The summed E-state index contributed by atoms with van der Waals surface area (Å²) < 4.78 is 1.54. The minimum atomic E-state index is -0.192. The molecule has 4 heterocycles. The summed E-state index contributed by atoms with van der Waals surface area (Å²) in [5, 5.41) is 16.8. The lowest BCUT2D eigenvalue weighted by Crippen LogP contribution is -2.18. The van der Waals surface area contributed by atoms with Gasteiger partial charge in [0.25, 0.3) is 5.95 Å². The molecule has 11 heteroatoms. The molecule has 29 heavy (non-hydrogen) atoms. The molecule has 0 spiro atoms. The third-order valence-corrected chi connectivity index (χ3v) is 5.53. The maximum Gasteiger partial charge on any atom is 0.252 e. The number of aromatic amines is 1. The zero-order chi connectivity index (χ0) is 20.4. The second-order valence-electron chi connectivity index (χ2n) is 6.31. The van der Waals surface area contributed by atoms with Crippen LogP contribution < -0.4 is 5.32 Å². The van der Waals surface area contributed by atoms with E-state index in [-0.39, 0.29) is 11.7 Å². The van der Waals surface area contributed by atoms with Crippen LogP contribution in [-0.2, 0) is 4.79 Å². The first-order chi connectivity index (χ1) is 14.0. The summed E-state index contributed by atoms with van der Waals surface area (Å²) in [6, 6.07) is 7.58. The normalized spacial score (nSPS) is 11.0. The fraction of sp³-hybridized carbons (Fsp3) is 0.222. The van der Waals surface area contributed by atoms with Gasteiger partial charge in [-0.25, -0.2) is 15.0 Å². The Kier molecular flexibility index (Phi) is 5.41. The van der Waals surface area contributed by atoms with Crippen LogP contribution in [0.15, 0.2) is 34.8 Å². The van der Waals surface area contributed by atoms with Crippen LogP contribution >= 0.6 is 23.1 Å². The van der Waals surface area contributed by atoms with E-state index in [1.54, 1.807) is 22.1 Å². The number of nitrogens with zero attached hydrogens (tertiary/aromatic N) is 6. The fourth-order valence-electron chi connectivity index (χ4n) is 2.69. The van der Waals surface area contributed by atoms with Gasteiger partial charge in [0.15, 0.2) is 5.82 Å². The van der Waals surface area contributed by atoms with E-state index in [0.717, 1.165) is 22.0 Å². The highest BCUT2D eigenvalue weighted by atomic mass is 32.2. The van der Waals surface area contributed by atoms with Crippen molar-refractivity contribution in [3.05, 3.63) is 46.7 Å². The number of H-pyrrole nitrogens is 1. The average Bonchev–Trinajstić information content (AvgIpc) is 3.40. The first-order valence-corrected chi connectivity index (χ1v) is 10.6. The Labute approximate surface area is 175 Å². The van der Waals surface area contributed by atoms with Crippen LogP contribution in [-0.4, -0.2) is 46.6 Å². The van der Waals surface area contributed by atoms with E-state index in [2.05, 4.69) is 35.6 Å². The number of hydrogen-bond acceptors (Lipinski definition) is 8. The second-order valence-corrected chi connectivity index (χ2v) is 8.20. The van der Waals surface area contributed by atoms with Crippen LogP contribution in [0.2, 0.25) is 0 Å². The van der Waals surface area contributed by atoms with Gasteiger partial charge in [0, 0.05) is 17.5 Å². The van der Waals surface area contributed by atoms with Gasteiger partial charge in [0.05, 0.1) is 16.3 Å². The van der Waals surface area contributed by atoms with Crippen LogP contribution in [0, 0.1) is 20.8 Å². The summed E-state index contributed by atoms with van der Waals surface area (Å²) in [5.41, 5.74) is 2.42. The van der Waals surface area contributed by atoms with Crippen LogP contribution in [0.1, 0.15) is 17.1 Å². The molecule has 0 fully saturated rings. The van der Waals surface area contributed by atoms with Crippen molar-refractivity contribution in [2.75, 3.05) is 11.1 Å². The first-order valence-electron chi connectivity index (χ1n) is 8.76. The Morgan fingerprint density at radius 3 is 2.69 bits per heavy atom. The van der Waals surface area contributed by atoms with Crippen molar-refractivity contribution >= 4 is 34.8 Å². The summed E-state index contributed by atoms with van der Waals surface area (Å²) in [6.45, 7) is 5.64. The molecule has 0 aliphatic rings. The molecule has 148 valence electrons. The van der Waals surface area contributed by atoms with E-state index in [1.165, 1.54) is 11.8 Å². The summed E-state index contributed by atoms with van der Waals surface area (Å²) >= 11 is 2.83. The molecule has 0 saturated heterocycles. The molecule has 0 aliphatic carbocycles. The van der Waals surface area contributed by atoms with E-state index < -0.39 is 0 Å². The molecule has 1 amide bonds. The highest BCUT2D eigenvalue weighted by molar-refractivity contribution is 7.99. The predicted octanol–water partition coefficient (Wildman–Crippen LogP) is 3.16. The smallest absolute Gasteiger partial charge is 0.252 e. The molecule has 4 aromatic rings. The topological polar surface area (TPSA) is 114 Å². The molecular formula is C18H18N8OS2. The third-order valence-electron chi connectivity index (χ3n) is 3.81. The SMILES string of the molecule is Cc1cc(C)nc(-n2nc(C)cc2NC(=O)CSc2n[nH]c(-c3cccs3)n2)n1. The number of thioether (sulfide) groups is 1. The van der Waals surface area contributed by atoms with E-state index in [0.29, 0.717) is 22.7 Å². The van der Waals surface area contributed by atoms with Crippen LogP contribution in [0.3, 0.4) is 0 Å². The van der Waals surface area contributed by atoms with Crippen molar-refractivity contribution in [1.82, 2.24) is 34.9 Å². The van der Waals surface area contributed by atoms with Gasteiger partial charge in [0.1, 0.15) is 5.82 Å². The number of nitrogens with one attached hydrogen (secondary N) is 2. The van der Waals surface area contributed by atoms with Gasteiger partial charge in [-0.05, 0) is 38.3 Å². The molecule has 4 rings (SSSR count). The molecule has 0 unspecified atom stereocenters. The number of thiophene rings is 1. The molecule has 0 aliphatic heterocycles. The van der Waals surface area contributed by atoms with Crippen molar-refractivity contribution in [2.24, 2.45) is 0 Å². The number of rotatable bonds is 6. The van der Waals surface area contributed by atoms with Crippen molar-refractivity contribution in [3.63, 3.8) is 0 Å². The zero-order valence-corrected chi connectivity index (χ0v) is 17.6. The number of aryl methyl sites for hydroxylation is 3. The number of carbonyl (C=O) groups excluding carboxylic acids is 1.